The van der Waals surface area contributed by atoms with Gasteiger partial charge in [0, 0.05) is 22.9 Å². The normalized spacial score (nSPS) is 11.1. The van der Waals surface area contributed by atoms with E-state index in [1.165, 1.54) is 17.3 Å². The largest absolute Gasteiger partial charge is 0.322 e. The molecule has 6 nitrogen and oxygen atoms in total. The number of rotatable bonds is 4. The van der Waals surface area contributed by atoms with Gasteiger partial charge in [0.1, 0.15) is 5.52 Å². The second-order valence-electron chi connectivity index (χ2n) is 5.56. The Kier molecular flexibility index (Phi) is 3.70. The number of H-pyrrole nitrogens is 1. The standard InChI is InChI=1S/C17H16N6S/c1-11-5-7-13(8-6-11)24-17-19-16(14-4-3-9-23(14)22-17)18-15-10-12(2)20-21-15/h3-10H,1-2H3,(H2,18,19,20,21,22). The topological polar surface area (TPSA) is 70.9 Å². The first-order chi connectivity index (χ1) is 11.7. The van der Waals surface area contributed by atoms with Crippen molar-refractivity contribution in [3.63, 3.8) is 0 Å². The Morgan fingerprint density at radius 3 is 2.71 bits per heavy atom. The van der Waals surface area contributed by atoms with Crippen LogP contribution in [0.4, 0.5) is 11.6 Å². The van der Waals surface area contributed by atoms with E-state index in [0.717, 1.165) is 27.7 Å². The molecule has 1 aromatic carbocycles. The summed E-state index contributed by atoms with van der Waals surface area (Å²) in [6.45, 7) is 4.04. The highest BCUT2D eigenvalue weighted by atomic mass is 32.2. The van der Waals surface area contributed by atoms with E-state index < -0.39 is 0 Å². The summed E-state index contributed by atoms with van der Waals surface area (Å²) in [7, 11) is 0. The van der Waals surface area contributed by atoms with E-state index in [-0.39, 0.29) is 0 Å². The molecule has 0 fully saturated rings. The zero-order chi connectivity index (χ0) is 16.5. The minimum Gasteiger partial charge on any atom is -0.322 e. The Bertz CT molecular complexity index is 986. The summed E-state index contributed by atoms with van der Waals surface area (Å²) < 4.78 is 1.82. The van der Waals surface area contributed by atoms with Crippen molar-refractivity contribution >= 4 is 28.9 Å². The molecule has 0 unspecified atom stereocenters. The summed E-state index contributed by atoms with van der Waals surface area (Å²) in [5.41, 5.74) is 3.13. The molecule has 4 aromatic rings. The van der Waals surface area contributed by atoms with Crippen molar-refractivity contribution in [2.75, 3.05) is 5.32 Å². The van der Waals surface area contributed by atoms with E-state index in [1.807, 2.05) is 35.8 Å². The predicted octanol–water partition coefficient (Wildman–Crippen LogP) is 3.96. The van der Waals surface area contributed by atoms with Crippen LogP contribution in [0, 0.1) is 13.8 Å². The van der Waals surface area contributed by atoms with Gasteiger partial charge in [-0.15, -0.1) is 5.10 Å². The minimum absolute atomic E-state index is 0.678. The first-order valence-electron chi connectivity index (χ1n) is 7.56. The number of anilines is 2. The molecular formula is C17H16N6S. The maximum atomic E-state index is 4.66. The Morgan fingerprint density at radius 2 is 1.96 bits per heavy atom. The van der Waals surface area contributed by atoms with E-state index in [9.17, 15) is 0 Å². The summed E-state index contributed by atoms with van der Waals surface area (Å²) in [5, 5.41) is 15.6. The Hall–Kier alpha value is -2.80. The lowest BCUT2D eigenvalue weighted by Gasteiger charge is -2.07. The molecule has 4 rings (SSSR count). The third kappa shape index (κ3) is 2.98. The van der Waals surface area contributed by atoms with E-state index >= 15 is 0 Å². The molecule has 0 aliphatic rings. The summed E-state index contributed by atoms with van der Waals surface area (Å²) in [6.07, 6.45) is 1.91. The molecule has 0 saturated carbocycles. The number of aromatic amines is 1. The fourth-order valence-corrected chi connectivity index (χ4v) is 3.11. The van der Waals surface area contributed by atoms with E-state index in [1.54, 1.807) is 0 Å². The fraction of sp³-hybridized carbons (Fsp3) is 0.118. The van der Waals surface area contributed by atoms with E-state index in [2.05, 4.69) is 56.8 Å². The van der Waals surface area contributed by atoms with E-state index in [0.29, 0.717) is 5.16 Å². The Morgan fingerprint density at radius 1 is 1.12 bits per heavy atom. The average molecular weight is 336 g/mol. The summed E-state index contributed by atoms with van der Waals surface area (Å²) >= 11 is 1.53. The molecule has 0 aliphatic heterocycles. The molecule has 0 saturated heterocycles. The molecule has 24 heavy (non-hydrogen) atoms. The highest BCUT2D eigenvalue weighted by molar-refractivity contribution is 7.99. The van der Waals surface area contributed by atoms with Gasteiger partial charge in [-0.3, -0.25) is 5.10 Å². The lowest BCUT2D eigenvalue weighted by atomic mass is 10.2. The van der Waals surface area contributed by atoms with Crippen molar-refractivity contribution in [1.29, 1.82) is 0 Å². The van der Waals surface area contributed by atoms with Crippen LogP contribution in [0.1, 0.15) is 11.3 Å². The number of hydrogen-bond acceptors (Lipinski definition) is 5. The molecule has 0 radical (unpaired) electrons. The highest BCUT2D eigenvalue weighted by Gasteiger charge is 2.10. The van der Waals surface area contributed by atoms with Crippen molar-refractivity contribution in [2.45, 2.75) is 23.9 Å². The van der Waals surface area contributed by atoms with Crippen molar-refractivity contribution in [1.82, 2.24) is 24.8 Å². The predicted molar refractivity (Wildman–Crippen MR) is 94.9 cm³/mol. The quantitative estimate of drug-likeness (QED) is 0.590. The highest BCUT2D eigenvalue weighted by Crippen LogP contribution is 2.28. The van der Waals surface area contributed by atoms with Gasteiger partial charge in [0.05, 0.1) is 0 Å². The van der Waals surface area contributed by atoms with Crippen LogP contribution in [0.15, 0.2) is 58.7 Å². The zero-order valence-corrected chi connectivity index (χ0v) is 14.1. The smallest absolute Gasteiger partial charge is 0.214 e. The van der Waals surface area contributed by atoms with Crippen LogP contribution in [0.2, 0.25) is 0 Å². The number of aryl methyl sites for hydroxylation is 2. The molecule has 0 atom stereocenters. The Labute approximate surface area is 143 Å². The first kappa shape index (κ1) is 14.8. The lowest BCUT2D eigenvalue weighted by Crippen LogP contribution is -2.02. The van der Waals surface area contributed by atoms with Crippen LogP contribution in [0.5, 0.6) is 0 Å². The molecule has 0 bridgehead atoms. The summed E-state index contributed by atoms with van der Waals surface area (Å²) in [4.78, 5) is 5.77. The second-order valence-corrected chi connectivity index (χ2v) is 6.60. The number of nitrogens with one attached hydrogen (secondary N) is 2. The summed E-state index contributed by atoms with van der Waals surface area (Å²) in [5.74, 6) is 1.47. The number of nitrogens with zero attached hydrogens (tertiary/aromatic N) is 4. The van der Waals surface area contributed by atoms with Crippen LogP contribution in [0.25, 0.3) is 5.52 Å². The van der Waals surface area contributed by atoms with Gasteiger partial charge < -0.3 is 5.32 Å². The van der Waals surface area contributed by atoms with Gasteiger partial charge >= 0.3 is 0 Å². The van der Waals surface area contributed by atoms with E-state index in [4.69, 9.17) is 0 Å². The van der Waals surface area contributed by atoms with Crippen molar-refractivity contribution < 1.29 is 0 Å². The van der Waals surface area contributed by atoms with Gasteiger partial charge in [0.25, 0.3) is 0 Å². The maximum Gasteiger partial charge on any atom is 0.214 e. The van der Waals surface area contributed by atoms with Gasteiger partial charge in [-0.1, -0.05) is 17.7 Å². The van der Waals surface area contributed by atoms with Crippen LogP contribution in [0.3, 0.4) is 0 Å². The molecule has 120 valence electrons. The van der Waals surface area contributed by atoms with Gasteiger partial charge in [-0.05, 0) is 49.9 Å². The SMILES string of the molecule is Cc1ccc(Sc2nc(Nc3cc(C)[nH]n3)c3cccn3n2)cc1. The third-order valence-corrected chi connectivity index (χ3v) is 4.42. The molecular weight excluding hydrogens is 320 g/mol. The molecule has 0 aliphatic carbocycles. The molecule has 2 N–H and O–H groups in total. The van der Waals surface area contributed by atoms with Crippen LogP contribution >= 0.6 is 11.8 Å². The van der Waals surface area contributed by atoms with Crippen LogP contribution in [-0.2, 0) is 0 Å². The summed E-state index contributed by atoms with van der Waals surface area (Å²) in [6, 6.07) is 14.2. The number of fused-ring (bicyclic) bond motifs is 1. The van der Waals surface area contributed by atoms with Gasteiger partial charge in [0.2, 0.25) is 5.16 Å². The molecule has 0 amide bonds. The van der Waals surface area contributed by atoms with Crippen molar-refractivity contribution in [2.24, 2.45) is 0 Å². The average Bonchev–Trinajstić information content (AvgIpc) is 3.19. The number of aromatic nitrogens is 5. The molecule has 0 spiro atoms. The molecule has 7 heteroatoms. The van der Waals surface area contributed by atoms with Crippen LogP contribution in [-0.4, -0.2) is 24.8 Å². The van der Waals surface area contributed by atoms with Gasteiger partial charge in [0.15, 0.2) is 11.6 Å². The monoisotopic (exact) mass is 336 g/mol. The second kappa shape index (κ2) is 6.01. The van der Waals surface area contributed by atoms with Gasteiger partial charge in [-0.25, -0.2) is 9.50 Å². The fourth-order valence-electron chi connectivity index (χ4n) is 2.36. The number of hydrogen-bond donors (Lipinski definition) is 2. The molecule has 3 heterocycles. The Balaban J connectivity index is 1.70. The van der Waals surface area contributed by atoms with Crippen LogP contribution < -0.4 is 5.32 Å². The lowest BCUT2D eigenvalue weighted by molar-refractivity contribution is 0.801. The minimum atomic E-state index is 0.678. The van der Waals surface area contributed by atoms with Gasteiger partial charge in [-0.2, -0.15) is 5.10 Å². The third-order valence-electron chi connectivity index (χ3n) is 3.55. The molecule has 3 aromatic heterocycles. The van der Waals surface area contributed by atoms with Crippen molar-refractivity contribution in [3.8, 4) is 0 Å². The zero-order valence-electron chi connectivity index (χ0n) is 13.3. The first-order valence-corrected chi connectivity index (χ1v) is 8.38. The number of benzene rings is 1. The maximum absolute atomic E-state index is 4.66. The van der Waals surface area contributed by atoms with Crippen molar-refractivity contribution in [3.05, 3.63) is 59.9 Å².